The molecule has 5 N–H and O–H groups in total. The van der Waals surface area contributed by atoms with E-state index >= 15 is 0 Å². The zero-order valence-corrected chi connectivity index (χ0v) is 15.1. The third-order valence-electron chi connectivity index (χ3n) is 6.98. The molecule has 4 aliphatic rings. The second-order valence-corrected chi connectivity index (χ2v) is 8.19. The number of ketones is 2. The number of benzene rings is 1. The van der Waals surface area contributed by atoms with Gasteiger partial charge in [-0.05, 0) is 13.0 Å². The molecule has 9 heteroatoms. The molecule has 1 aromatic carbocycles. The number of carbonyl (C=O) groups excluding carboxylic acids is 2. The van der Waals surface area contributed by atoms with Crippen molar-refractivity contribution in [1.29, 1.82) is 0 Å². The van der Waals surface area contributed by atoms with Gasteiger partial charge in [0.1, 0.15) is 24.1 Å². The van der Waals surface area contributed by atoms with E-state index in [4.69, 9.17) is 9.47 Å². The molecule has 150 valence electrons. The molecular weight excluding hydrogens is 372 g/mol. The Kier molecular flexibility index (Phi) is 3.24. The number of rotatable bonds is 2. The van der Waals surface area contributed by atoms with Gasteiger partial charge in [0.15, 0.2) is 22.6 Å². The van der Waals surface area contributed by atoms with Gasteiger partial charge < -0.3 is 35.0 Å². The fourth-order valence-corrected chi connectivity index (χ4v) is 5.23. The Hall–Kier alpha value is -1.88. The van der Waals surface area contributed by atoms with Gasteiger partial charge in [-0.25, -0.2) is 0 Å². The summed E-state index contributed by atoms with van der Waals surface area (Å²) in [6, 6.07) is 4.04. The summed E-state index contributed by atoms with van der Waals surface area (Å²) in [6.45, 7) is 2.95. The van der Waals surface area contributed by atoms with Gasteiger partial charge in [-0.2, -0.15) is 0 Å². The van der Waals surface area contributed by atoms with E-state index in [1.807, 2.05) is 0 Å². The molecule has 3 fully saturated rings. The molecule has 1 saturated carbocycles. The monoisotopic (exact) mass is 392 g/mol. The van der Waals surface area contributed by atoms with E-state index in [0.717, 1.165) is 0 Å². The van der Waals surface area contributed by atoms with Crippen LogP contribution in [0.5, 0.6) is 5.75 Å². The smallest absolute Gasteiger partial charge is 0.201 e. The van der Waals surface area contributed by atoms with E-state index in [9.17, 15) is 35.1 Å². The lowest BCUT2D eigenvalue weighted by atomic mass is 9.55. The van der Waals surface area contributed by atoms with Crippen molar-refractivity contribution in [2.24, 2.45) is 5.92 Å². The standard InChI is InChI=1S/C19H20O9/c1-6-12(21)18-13(22)8-4-3-5-9(20)10(8)14(23)19(18,28-18)16(25)17(6,26)15(24)11-7(2)27-11/h3-7,11-12,14,16,20-21,23,25-26H,1-2H3/t6-,7+,11-,12-,14+,16-,17-,18+,19+/m1/s1. The summed E-state index contributed by atoms with van der Waals surface area (Å²) in [4.78, 5) is 26.1. The van der Waals surface area contributed by atoms with Crippen LogP contribution in [0.4, 0.5) is 0 Å². The molecule has 0 radical (unpaired) electrons. The molecule has 9 nitrogen and oxygen atoms in total. The van der Waals surface area contributed by atoms with Crippen molar-refractivity contribution in [1.82, 2.24) is 0 Å². The maximum absolute atomic E-state index is 13.2. The number of aliphatic hydroxyl groups is 4. The first-order chi connectivity index (χ1) is 13.1. The Labute approximate surface area is 159 Å². The molecule has 0 bridgehead atoms. The summed E-state index contributed by atoms with van der Waals surface area (Å²) in [6.07, 6.45) is -6.89. The number of hydrogen-bond acceptors (Lipinski definition) is 9. The molecule has 2 saturated heterocycles. The second-order valence-electron chi connectivity index (χ2n) is 8.19. The third kappa shape index (κ3) is 1.62. The van der Waals surface area contributed by atoms with Gasteiger partial charge in [0.05, 0.1) is 12.2 Å². The number of ether oxygens (including phenoxy) is 2. The Bertz CT molecular complexity index is 930. The number of Topliss-reactive ketones (excluding diaryl/α,β-unsaturated/α-hetero) is 2. The number of fused-ring (bicyclic) bond motifs is 1. The number of phenols is 1. The molecule has 0 unspecified atom stereocenters. The van der Waals surface area contributed by atoms with Gasteiger partial charge in [-0.3, -0.25) is 9.59 Å². The van der Waals surface area contributed by atoms with Gasteiger partial charge in [0, 0.05) is 17.0 Å². The van der Waals surface area contributed by atoms with Crippen molar-refractivity contribution in [3.05, 3.63) is 29.3 Å². The topological polar surface area (TPSA) is 160 Å². The maximum Gasteiger partial charge on any atom is 0.201 e. The zero-order chi connectivity index (χ0) is 20.4. The van der Waals surface area contributed by atoms with Gasteiger partial charge in [-0.15, -0.1) is 0 Å². The van der Waals surface area contributed by atoms with Crippen molar-refractivity contribution >= 4 is 11.6 Å². The van der Waals surface area contributed by atoms with Crippen LogP contribution in [0.2, 0.25) is 0 Å². The summed E-state index contributed by atoms with van der Waals surface area (Å²) in [5, 5.41) is 54.4. The molecule has 2 aliphatic carbocycles. The number of phenolic OH excluding ortho intramolecular Hbond substituents is 1. The van der Waals surface area contributed by atoms with Crippen LogP contribution >= 0.6 is 0 Å². The third-order valence-corrected chi connectivity index (χ3v) is 6.98. The predicted octanol–water partition coefficient (Wildman–Crippen LogP) is -1.41. The van der Waals surface area contributed by atoms with Gasteiger partial charge in [0.25, 0.3) is 0 Å². The van der Waals surface area contributed by atoms with E-state index < -0.39 is 70.6 Å². The average Bonchev–Trinajstić information content (AvgIpc) is 3.57. The van der Waals surface area contributed by atoms with Crippen molar-refractivity contribution in [2.45, 2.75) is 61.2 Å². The summed E-state index contributed by atoms with van der Waals surface area (Å²) in [5.74, 6) is -3.25. The molecular formula is C19H20O9. The van der Waals surface area contributed by atoms with Crippen molar-refractivity contribution in [3.8, 4) is 5.75 Å². The Morgan fingerprint density at radius 3 is 2.43 bits per heavy atom. The van der Waals surface area contributed by atoms with Crippen molar-refractivity contribution in [3.63, 3.8) is 0 Å². The molecule has 0 spiro atoms. The minimum Gasteiger partial charge on any atom is -0.508 e. The maximum atomic E-state index is 13.2. The van der Waals surface area contributed by atoms with Crippen LogP contribution in [0.25, 0.3) is 0 Å². The number of aromatic hydroxyl groups is 1. The largest absolute Gasteiger partial charge is 0.508 e. The number of epoxide rings is 2. The first-order valence-electron chi connectivity index (χ1n) is 9.10. The van der Waals surface area contributed by atoms with Crippen LogP contribution in [0.3, 0.4) is 0 Å². The lowest BCUT2D eigenvalue weighted by Crippen LogP contribution is -2.74. The second kappa shape index (κ2) is 4.99. The van der Waals surface area contributed by atoms with Crippen molar-refractivity contribution in [2.75, 3.05) is 0 Å². The van der Waals surface area contributed by atoms with Gasteiger partial charge in [-0.1, -0.05) is 19.1 Å². The van der Waals surface area contributed by atoms with Crippen LogP contribution in [0.1, 0.15) is 35.9 Å². The molecule has 2 aliphatic heterocycles. The molecule has 28 heavy (non-hydrogen) atoms. The average molecular weight is 392 g/mol. The highest BCUT2D eigenvalue weighted by Crippen LogP contribution is 2.70. The molecule has 5 rings (SSSR count). The van der Waals surface area contributed by atoms with Crippen LogP contribution in [0, 0.1) is 5.92 Å². The van der Waals surface area contributed by atoms with Gasteiger partial charge >= 0.3 is 0 Å². The predicted molar refractivity (Wildman–Crippen MR) is 89.4 cm³/mol. The van der Waals surface area contributed by atoms with Crippen molar-refractivity contribution < 1.29 is 44.6 Å². The first-order valence-corrected chi connectivity index (χ1v) is 9.10. The number of carbonyl (C=O) groups is 2. The van der Waals surface area contributed by atoms with E-state index in [0.29, 0.717) is 0 Å². The SMILES string of the molecule is C[C@@H]1O[C@H]1C(=O)[C@]1(O)[C@H](C)[C@@H](O)[C@@]23O[C@]2([C@@H]1O)[C@@H](O)c1c(O)cccc1C3=O. The summed E-state index contributed by atoms with van der Waals surface area (Å²) >= 11 is 0. The minimum atomic E-state index is -2.52. The Balaban J connectivity index is 1.70. The Morgan fingerprint density at radius 1 is 1.18 bits per heavy atom. The molecule has 0 amide bonds. The summed E-state index contributed by atoms with van der Waals surface area (Å²) < 4.78 is 10.7. The number of hydrogen-bond donors (Lipinski definition) is 5. The minimum absolute atomic E-state index is 0.0463. The number of aliphatic hydroxyl groups excluding tert-OH is 3. The highest BCUT2D eigenvalue weighted by atomic mass is 16.7. The molecule has 2 heterocycles. The first kappa shape index (κ1) is 18.2. The van der Waals surface area contributed by atoms with Crippen LogP contribution < -0.4 is 0 Å². The normalized spacial score (nSPS) is 51.0. The van der Waals surface area contributed by atoms with E-state index in [-0.39, 0.29) is 11.1 Å². The van der Waals surface area contributed by atoms with E-state index in [1.54, 1.807) is 6.92 Å². The zero-order valence-electron chi connectivity index (χ0n) is 15.1. The Morgan fingerprint density at radius 2 is 1.82 bits per heavy atom. The van der Waals surface area contributed by atoms with Crippen LogP contribution in [-0.2, 0) is 14.3 Å². The molecule has 1 aromatic rings. The summed E-state index contributed by atoms with van der Waals surface area (Å²) in [5.41, 5.74) is -6.92. The lowest BCUT2D eigenvalue weighted by Gasteiger charge is -2.49. The van der Waals surface area contributed by atoms with E-state index in [1.165, 1.54) is 25.1 Å². The highest BCUT2D eigenvalue weighted by molar-refractivity contribution is 6.10. The molecule has 9 atom stereocenters. The fraction of sp³-hybridized carbons (Fsp3) is 0.579. The van der Waals surface area contributed by atoms with E-state index in [2.05, 4.69) is 0 Å². The fourth-order valence-electron chi connectivity index (χ4n) is 5.23. The molecule has 0 aromatic heterocycles. The van der Waals surface area contributed by atoms with Crippen LogP contribution in [-0.4, -0.2) is 78.3 Å². The quantitative estimate of drug-likeness (QED) is 0.381. The summed E-state index contributed by atoms with van der Waals surface area (Å²) in [7, 11) is 0. The highest BCUT2D eigenvalue weighted by Gasteiger charge is 2.92. The lowest BCUT2D eigenvalue weighted by molar-refractivity contribution is -0.198. The van der Waals surface area contributed by atoms with Crippen LogP contribution in [0.15, 0.2) is 18.2 Å². The van der Waals surface area contributed by atoms with Gasteiger partial charge in [0.2, 0.25) is 5.78 Å².